The van der Waals surface area contributed by atoms with Crippen LogP contribution >= 0.6 is 0 Å². The lowest BCUT2D eigenvalue weighted by Crippen LogP contribution is -2.48. The van der Waals surface area contributed by atoms with Crippen molar-refractivity contribution < 1.29 is 4.79 Å². The Kier molecular flexibility index (Phi) is 4.32. The van der Waals surface area contributed by atoms with Gasteiger partial charge >= 0.3 is 0 Å². The predicted molar refractivity (Wildman–Crippen MR) is 61.1 cm³/mol. The first-order chi connectivity index (χ1) is 6.16. The first-order valence-corrected chi connectivity index (χ1v) is 5.41. The molecule has 0 fully saturated rings. The average molecular weight is 199 g/mol. The van der Waals surface area contributed by atoms with E-state index in [4.69, 9.17) is 5.73 Å². The minimum Gasteiger partial charge on any atom is -0.325 e. The zero-order valence-corrected chi connectivity index (χ0v) is 10.4. The van der Waals surface area contributed by atoms with E-state index in [1.165, 1.54) is 0 Å². The smallest absolute Gasteiger partial charge is 0.125 e. The molecule has 0 aromatic carbocycles. The second kappa shape index (κ2) is 4.43. The van der Waals surface area contributed by atoms with Crippen LogP contribution in [0.1, 0.15) is 48.0 Å². The molecule has 0 rings (SSSR count). The van der Waals surface area contributed by atoms with Gasteiger partial charge in [-0.2, -0.15) is 0 Å². The molecule has 14 heavy (non-hydrogen) atoms. The molecule has 2 unspecified atom stereocenters. The second-order valence-electron chi connectivity index (χ2n) is 5.61. The van der Waals surface area contributed by atoms with Gasteiger partial charge in [-0.1, -0.05) is 34.1 Å². The highest BCUT2D eigenvalue weighted by atomic mass is 16.1. The Bertz CT molecular complexity index is 191. The average Bonchev–Trinajstić information content (AvgIpc) is 2.03. The third-order valence-corrected chi connectivity index (χ3v) is 3.69. The largest absolute Gasteiger partial charge is 0.325 e. The van der Waals surface area contributed by atoms with Crippen LogP contribution in [0.4, 0.5) is 0 Å². The van der Waals surface area contributed by atoms with Gasteiger partial charge in [-0.3, -0.25) is 0 Å². The molecule has 0 saturated heterocycles. The standard InChI is InChI=1S/C12H25NO/c1-7-11(3,4)9(2)10(8-14)12(5,6)13/h8-10H,7,13H2,1-6H3. The molecule has 2 heteroatoms. The van der Waals surface area contributed by atoms with Gasteiger partial charge in [0.25, 0.3) is 0 Å². The highest BCUT2D eigenvalue weighted by Crippen LogP contribution is 2.37. The number of carbonyl (C=O) groups excluding carboxylic acids is 1. The number of nitrogens with two attached hydrogens (primary N) is 1. The number of carbonyl (C=O) groups is 1. The van der Waals surface area contributed by atoms with Crippen molar-refractivity contribution in [2.24, 2.45) is 23.0 Å². The van der Waals surface area contributed by atoms with E-state index in [1.54, 1.807) is 0 Å². The molecule has 0 amide bonds. The van der Waals surface area contributed by atoms with Crippen LogP contribution in [0.2, 0.25) is 0 Å². The molecular weight excluding hydrogens is 174 g/mol. The van der Waals surface area contributed by atoms with Crippen LogP contribution in [0.3, 0.4) is 0 Å². The van der Waals surface area contributed by atoms with Crippen molar-refractivity contribution >= 4 is 6.29 Å². The molecule has 0 saturated carbocycles. The minimum absolute atomic E-state index is 0.0718. The van der Waals surface area contributed by atoms with Crippen molar-refractivity contribution in [2.45, 2.75) is 53.5 Å². The third-order valence-electron chi connectivity index (χ3n) is 3.69. The van der Waals surface area contributed by atoms with Crippen molar-refractivity contribution in [3.8, 4) is 0 Å². The molecule has 0 aliphatic heterocycles. The van der Waals surface area contributed by atoms with Gasteiger partial charge in [0.15, 0.2) is 0 Å². The summed E-state index contributed by atoms with van der Waals surface area (Å²) in [6.45, 7) is 12.5. The Morgan fingerprint density at radius 1 is 1.29 bits per heavy atom. The zero-order chi connectivity index (χ0) is 11.6. The van der Waals surface area contributed by atoms with E-state index in [9.17, 15) is 4.79 Å². The summed E-state index contributed by atoms with van der Waals surface area (Å²) in [5.41, 5.74) is 5.76. The van der Waals surface area contributed by atoms with E-state index in [-0.39, 0.29) is 11.3 Å². The van der Waals surface area contributed by atoms with Crippen molar-refractivity contribution in [3.05, 3.63) is 0 Å². The van der Waals surface area contributed by atoms with Crippen LogP contribution in [-0.4, -0.2) is 11.8 Å². The van der Waals surface area contributed by atoms with Gasteiger partial charge < -0.3 is 10.5 Å². The molecule has 2 nitrogen and oxygen atoms in total. The Hall–Kier alpha value is -0.370. The van der Waals surface area contributed by atoms with E-state index in [0.717, 1.165) is 12.7 Å². The lowest BCUT2D eigenvalue weighted by Gasteiger charge is -2.40. The fraction of sp³-hybridized carbons (Fsp3) is 0.917. The maximum atomic E-state index is 11.1. The summed E-state index contributed by atoms with van der Waals surface area (Å²) in [7, 11) is 0. The summed E-state index contributed by atoms with van der Waals surface area (Å²) in [4.78, 5) is 11.1. The summed E-state index contributed by atoms with van der Waals surface area (Å²) in [6.07, 6.45) is 2.08. The van der Waals surface area contributed by atoms with E-state index < -0.39 is 5.54 Å². The molecule has 0 heterocycles. The molecular formula is C12H25NO. The quantitative estimate of drug-likeness (QED) is 0.692. The summed E-state index contributed by atoms with van der Waals surface area (Å²) < 4.78 is 0. The summed E-state index contributed by atoms with van der Waals surface area (Å²) >= 11 is 0. The van der Waals surface area contributed by atoms with Gasteiger partial charge in [-0.25, -0.2) is 0 Å². The molecule has 0 radical (unpaired) electrons. The van der Waals surface area contributed by atoms with Crippen LogP contribution in [0.15, 0.2) is 0 Å². The minimum atomic E-state index is -0.423. The van der Waals surface area contributed by atoms with Gasteiger partial charge in [-0.05, 0) is 25.2 Å². The van der Waals surface area contributed by atoms with Gasteiger partial charge in [0.2, 0.25) is 0 Å². The van der Waals surface area contributed by atoms with E-state index in [0.29, 0.717) is 5.92 Å². The molecule has 0 aromatic rings. The summed E-state index contributed by atoms with van der Waals surface area (Å²) in [5.74, 6) is 0.238. The fourth-order valence-electron chi connectivity index (χ4n) is 1.75. The van der Waals surface area contributed by atoms with Gasteiger partial charge in [-0.15, -0.1) is 0 Å². The lowest BCUT2D eigenvalue weighted by atomic mass is 9.66. The van der Waals surface area contributed by atoms with Crippen molar-refractivity contribution in [2.75, 3.05) is 0 Å². The number of hydrogen-bond donors (Lipinski definition) is 1. The Morgan fingerprint density at radius 2 is 1.71 bits per heavy atom. The van der Waals surface area contributed by atoms with E-state index in [2.05, 4.69) is 27.7 Å². The zero-order valence-electron chi connectivity index (χ0n) is 10.4. The monoisotopic (exact) mass is 199 g/mol. The number of aldehydes is 1. The van der Waals surface area contributed by atoms with Crippen LogP contribution in [0.25, 0.3) is 0 Å². The van der Waals surface area contributed by atoms with Crippen molar-refractivity contribution in [1.29, 1.82) is 0 Å². The molecule has 0 bridgehead atoms. The van der Waals surface area contributed by atoms with E-state index >= 15 is 0 Å². The molecule has 2 N–H and O–H groups in total. The highest BCUT2D eigenvalue weighted by Gasteiger charge is 2.37. The Morgan fingerprint density at radius 3 is 1.93 bits per heavy atom. The first kappa shape index (κ1) is 13.6. The third kappa shape index (κ3) is 3.09. The molecule has 0 spiro atoms. The van der Waals surface area contributed by atoms with Gasteiger partial charge in [0.1, 0.15) is 6.29 Å². The highest BCUT2D eigenvalue weighted by molar-refractivity contribution is 5.56. The molecule has 0 aliphatic rings. The normalized spacial score (nSPS) is 17.6. The number of rotatable bonds is 5. The second-order valence-corrected chi connectivity index (χ2v) is 5.61. The molecule has 0 aliphatic carbocycles. The summed E-state index contributed by atoms with van der Waals surface area (Å²) in [6, 6.07) is 0. The van der Waals surface area contributed by atoms with Crippen LogP contribution in [0.5, 0.6) is 0 Å². The van der Waals surface area contributed by atoms with Gasteiger partial charge in [0.05, 0.1) is 0 Å². The first-order valence-electron chi connectivity index (χ1n) is 5.41. The van der Waals surface area contributed by atoms with Crippen LogP contribution in [0, 0.1) is 17.3 Å². The molecule has 0 aromatic heterocycles. The Balaban J connectivity index is 4.80. The predicted octanol–water partition coefficient (Wildman–Crippen LogP) is 2.61. The lowest BCUT2D eigenvalue weighted by molar-refractivity contribution is -0.116. The Labute approximate surface area is 88.3 Å². The number of hydrogen-bond acceptors (Lipinski definition) is 2. The maximum absolute atomic E-state index is 11.1. The van der Waals surface area contributed by atoms with Crippen LogP contribution in [-0.2, 0) is 4.79 Å². The maximum Gasteiger partial charge on any atom is 0.125 e. The van der Waals surface area contributed by atoms with Crippen molar-refractivity contribution in [3.63, 3.8) is 0 Å². The topological polar surface area (TPSA) is 43.1 Å². The van der Waals surface area contributed by atoms with Crippen LogP contribution < -0.4 is 5.73 Å². The SMILES string of the molecule is CCC(C)(C)C(C)C(C=O)C(C)(C)N. The molecule has 2 atom stereocenters. The van der Waals surface area contributed by atoms with Gasteiger partial charge in [0, 0.05) is 11.5 Å². The molecule has 84 valence electrons. The van der Waals surface area contributed by atoms with E-state index in [1.807, 2.05) is 13.8 Å². The van der Waals surface area contributed by atoms with Crippen molar-refractivity contribution in [1.82, 2.24) is 0 Å². The summed E-state index contributed by atoms with van der Waals surface area (Å²) in [5, 5.41) is 0. The fourth-order valence-corrected chi connectivity index (χ4v) is 1.75.